The van der Waals surface area contributed by atoms with Gasteiger partial charge < -0.3 is 6.42 Å². The fraction of sp³-hybridized carbons (Fsp3) is 0.136. The van der Waals surface area contributed by atoms with E-state index in [4.69, 9.17) is 0 Å². The van der Waals surface area contributed by atoms with E-state index in [1.165, 1.54) is 22.3 Å². The van der Waals surface area contributed by atoms with Crippen molar-refractivity contribution in [2.45, 2.75) is 20.3 Å². The van der Waals surface area contributed by atoms with E-state index >= 15 is 0 Å². The summed E-state index contributed by atoms with van der Waals surface area (Å²) in [6, 6.07) is 32.3. The van der Waals surface area contributed by atoms with Gasteiger partial charge in [-0.25, -0.2) is 0 Å². The zero-order chi connectivity index (χ0) is 16.3. The molecule has 0 saturated heterocycles. The third kappa shape index (κ3) is 6.38. The van der Waals surface area contributed by atoms with Gasteiger partial charge in [-0.05, 0) is 23.8 Å². The number of hydrogen-bond donors (Lipinski definition) is 0. The van der Waals surface area contributed by atoms with E-state index in [0.29, 0.717) is 0 Å². The minimum atomic E-state index is -0.446. The van der Waals surface area contributed by atoms with Gasteiger partial charge >= 0.3 is 22.4 Å². The van der Waals surface area contributed by atoms with Crippen molar-refractivity contribution < 1.29 is 22.4 Å². The maximum Gasteiger partial charge on any atom is 1.00 e. The molecule has 0 unspecified atom stereocenters. The minimum absolute atomic E-state index is 0. The Balaban J connectivity index is 0.000000522. The molecule has 0 aromatic heterocycles. The van der Waals surface area contributed by atoms with Gasteiger partial charge in [-0.3, -0.25) is 0 Å². The van der Waals surface area contributed by atoms with Crippen molar-refractivity contribution in [3.63, 3.8) is 0 Å². The van der Waals surface area contributed by atoms with E-state index in [9.17, 15) is 0 Å². The van der Waals surface area contributed by atoms with Gasteiger partial charge in [0.05, 0.1) is 0 Å². The van der Waals surface area contributed by atoms with Gasteiger partial charge in [-0.15, -0.1) is 0 Å². The molecule has 0 fully saturated rings. The van der Waals surface area contributed by atoms with Gasteiger partial charge in [-0.1, -0.05) is 97.9 Å². The van der Waals surface area contributed by atoms with E-state index in [2.05, 4.69) is 111 Å². The molecule has 3 aromatic rings. The fourth-order valence-electron chi connectivity index (χ4n) is 2.18. The van der Waals surface area contributed by atoms with Crippen LogP contribution in [0.25, 0.3) is 0 Å². The number of rotatable bonds is 4. The molecule has 0 spiro atoms. The molecule has 0 radical (unpaired) electrons. The normalized spacial score (nSPS) is 9.62. The molecule has 24 heavy (non-hydrogen) atoms. The largest absolute Gasteiger partial charge is 1.00 e. The Morgan fingerprint density at radius 3 is 1.08 bits per heavy atom. The summed E-state index contributed by atoms with van der Waals surface area (Å²) in [5.41, 5.74) is 0. The first-order valence-corrected chi connectivity index (χ1v) is 9.44. The quantitative estimate of drug-likeness (QED) is 0.258. The van der Waals surface area contributed by atoms with Gasteiger partial charge in [0.15, 0.2) is 0 Å². The smallest absolute Gasteiger partial charge is 0.332 e. The van der Waals surface area contributed by atoms with Crippen LogP contribution in [0.1, 0.15) is 20.3 Å². The Labute approximate surface area is 163 Å². The van der Waals surface area contributed by atoms with E-state index < -0.39 is 7.92 Å². The van der Waals surface area contributed by atoms with Gasteiger partial charge in [0.1, 0.15) is 0 Å². The van der Waals surface area contributed by atoms with Crippen molar-refractivity contribution in [3.05, 3.63) is 97.4 Å². The predicted octanol–water partition coefficient (Wildman–Crippen LogP) is 5.06. The van der Waals surface area contributed by atoms with Crippen molar-refractivity contribution in [1.82, 2.24) is 0 Å². The summed E-state index contributed by atoms with van der Waals surface area (Å²) in [6.45, 7) is 4.18. The number of hydrogen-bond acceptors (Lipinski definition) is 0. The zero-order valence-corrected chi connectivity index (χ0v) is 17.3. The van der Waals surface area contributed by atoms with Gasteiger partial charge in [0.25, 0.3) is 0 Å². The van der Waals surface area contributed by atoms with E-state index in [1.807, 2.05) is 0 Å². The SMILES string of the molecule is C[CH-]CC.[Au+].c1ccc(P(c2ccccc2)c2ccccc2)cc1. The summed E-state index contributed by atoms with van der Waals surface area (Å²) in [7, 11) is -0.446. The Hall–Kier alpha value is -1.17. The first kappa shape index (κ1) is 20.9. The summed E-state index contributed by atoms with van der Waals surface area (Å²) in [5.74, 6) is 0. The van der Waals surface area contributed by atoms with E-state index in [1.54, 1.807) is 0 Å². The Morgan fingerprint density at radius 1 is 0.625 bits per heavy atom. The van der Waals surface area contributed by atoms with Crippen LogP contribution in [-0.2, 0) is 22.4 Å². The molecule has 0 aliphatic carbocycles. The van der Waals surface area contributed by atoms with Gasteiger partial charge in [-0.2, -0.15) is 13.3 Å². The third-order valence-corrected chi connectivity index (χ3v) is 5.90. The van der Waals surface area contributed by atoms with E-state index in [0.717, 1.165) is 0 Å². The molecule has 0 heterocycles. The second-order valence-electron chi connectivity index (χ2n) is 5.16. The molecule has 0 aliphatic rings. The third-order valence-electron chi connectivity index (χ3n) is 3.45. The molecule has 0 N–H and O–H groups in total. The molecular weight excluding hydrogens is 492 g/mol. The number of benzene rings is 3. The number of unbranched alkanes of at least 4 members (excludes halogenated alkanes) is 1. The van der Waals surface area contributed by atoms with E-state index in [-0.39, 0.29) is 22.4 Å². The standard InChI is InChI=1S/C18H15P.C4H9.Au/c1-4-10-16(11-5-1)19(17-12-6-2-7-13-17)18-14-8-3-9-15-18;1-3-4-2;/h1-15H;3H,4H2,1-2H3;/q;-1;+1. The minimum Gasteiger partial charge on any atom is -0.332 e. The van der Waals surface area contributed by atoms with Crippen LogP contribution >= 0.6 is 7.92 Å². The average molecular weight is 516 g/mol. The summed E-state index contributed by atoms with van der Waals surface area (Å²) in [4.78, 5) is 0. The topological polar surface area (TPSA) is 0 Å². The van der Waals surface area contributed by atoms with Crippen molar-refractivity contribution >= 4 is 23.8 Å². The van der Waals surface area contributed by atoms with Crippen LogP contribution in [0.15, 0.2) is 91.0 Å². The Bertz CT molecular complexity index is 557. The van der Waals surface area contributed by atoms with Crippen LogP contribution in [0, 0.1) is 6.42 Å². The molecule has 2 heteroatoms. The van der Waals surface area contributed by atoms with Crippen molar-refractivity contribution in [3.8, 4) is 0 Å². The summed E-state index contributed by atoms with van der Waals surface area (Å²) >= 11 is 0. The van der Waals surface area contributed by atoms with Crippen LogP contribution < -0.4 is 15.9 Å². The Morgan fingerprint density at radius 2 is 0.875 bits per heavy atom. The van der Waals surface area contributed by atoms with Crippen LogP contribution in [-0.4, -0.2) is 0 Å². The molecule has 3 aromatic carbocycles. The van der Waals surface area contributed by atoms with Crippen LogP contribution in [0.4, 0.5) is 0 Å². The summed E-state index contributed by atoms with van der Waals surface area (Å²) in [6.07, 6.45) is 3.32. The van der Waals surface area contributed by atoms with Crippen molar-refractivity contribution in [2.24, 2.45) is 0 Å². The molecule has 0 amide bonds. The molecule has 0 saturated carbocycles. The van der Waals surface area contributed by atoms with Crippen molar-refractivity contribution in [2.75, 3.05) is 0 Å². The van der Waals surface area contributed by atoms with Gasteiger partial charge in [0, 0.05) is 0 Å². The summed E-state index contributed by atoms with van der Waals surface area (Å²) in [5, 5.41) is 4.19. The van der Waals surface area contributed by atoms with Crippen LogP contribution in [0.2, 0.25) is 0 Å². The predicted molar refractivity (Wildman–Crippen MR) is 105 cm³/mol. The molecule has 0 aliphatic heterocycles. The molecule has 0 bridgehead atoms. The van der Waals surface area contributed by atoms with Crippen LogP contribution in [0.3, 0.4) is 0 Å². The molecule has 128 valence electrons. The molecule has 0 atom stereocenters. The molecule has 0 nitrogen and oxygen atoms in total. The Kier molecular flexibility index (Phi) is 10.6. The molecular formula is C22H24AuP. The van der Waals surface area contributed by atoms with Crippen LogP contribution in [0.5, 0.6) is 0 Å². The van der Waals surface area contributed by atoms with Gasteiger partial charge in [0.2, 0.25) is 0 Å². The summed E-state index contributed by atoms with van der Waals surface area (Å²) < 4.78 is 0. The zero-order valence-electron chi connectivity index (χ0n) is 14.2. The fourth-order valence-corrected chi connectivity index (χ4v) is 4.48. The molecule has 3 rings (SSSR count). The monoisotopic (exact) mass is 516 g/mol. The van der Waals surface area contributed by atoms with Crippen molar-refractivity contribution in [1.29, 1.82) is 0 Å². The maximum absolute atomic E-state index is 2.23. The average Bonchev–Trinajstić information content (AvgIpc) is 2.65. The second-order valence-corrected chi connectivity index (χ2v) is 7.38. The first-order valence-electron chi connectivity index (χ1n) is 8.10. The first-order chi connectivity index (χ1) is 11.4. The maximum atomic E-state index is 2.23. The second kappa shape index (κ2) is 12.2.